The zero-order valence-electron chi connectivity index (χ0n) is 15.9. The van der Waals surface area contributed by atoms with E-state index >= 15 is 0 Å². The average molecular weight is 350 g/mol. The molecule has 1 heterocycles. The van der Waals surface area contributed by atoms with E-state index in [1.54, 1.807) is 0 Å². The summed E-state index contributed by atoms with van der Waals surface area (Å²) in [5, 5.41) is 3.03. The largest absolute Gasteiger partial charge is 0.324 e. The highest BCUT2D eigenvalue weighted by molar-refractivity contribution is 5.94. The smallest absolute Gasteiger partial charge is 0.247 e. The first kappa shape index (κ1) is 18.1. The Morgan fingerprint density at radius 2 is 1.85 bits per heavy atom. The van der Waals surface area contributed by atoms with Gasteiger partial charge in [-0.05, 0) is 57.3 Å². The lowest BCUT2D eigenvalue weighted by Gasteiger charge is -2.19. The maximum absolute atomic E-state index is 12.9. The standard InChI is InChI=1S/C21H26N4O/c1-5-16-10-12-17(13-11-16)22-21(26)15(2)25-19-9-7-6-8-18(19)23-20(25)14-24(3)4/h6-13,15H,5,14H2,1-4H3,(H,22,26). The van der Waals surface area contributed by atoms with Crippen molar-refractivity contribution in [2.45, 2.75) is 32.9 Å². The topological polar surface area (TPSA) is 50.2 Å². The Morgan fingerprint density at radius 1 is 1.15 bits per heavy atom. The number of aromatic nitrogens is 2. The Hall–Kier alpha value is -2.66. The van der Waals surface area contributed by atoms with Gasteiger partial charge in [0.2, 0.25) is 5.91 Å². The lowest BCUT2D eigenvalue weighted by molar-refractivity contribution is -0.118. The molecule has 0 aliphatic heterocycles. The molecule has 0 fully saturated rings. The van der Waals surface area contributed by atoms with Crippen molar-refractivity contribution in [3.05, 3.63) is 59.9 Å². The fraction of sp³-hybridized carbons (Fsp3) is 0.333. The number of benzene rings is 2. The van der Waals surface area contributed by atoms with Gasteiger partial charge in [0.15, 0.2) is 0 Å². The summed E-state index contributed by atoms with van der Waals surface area (Å²) in [7, 11) is 4.01. The second kappa shape index (κ2) is 7.70. The molecule has 26 heavy (non-hydrogen) atoms. The van der Waals surface area contributed by atoms with Crippen molar-refractivity contribution in [2.24, 2.45) is 0 Å². The molecule has 0 aliphatic rings. The maximum atomic E-state index is 12.9. The fourth-order valence-corrected chi connectivity index (χ4v) is 3.11. The Morgan fingerprint density at radius 3 is 2.50 bits per heavy atom. The second-order valence-corrected chi connectivity index (χ2v) is 6.84. The molecule has 2 aromatic carbocycles. The second-order valence-electron chi connectivity index (χ2n) is 6.84. The molecule has 5 heteroatoms. The highest BCUT2D eigenvalue weighted by Crippen LogP contribution is 2.23. The van der Waals surface area contributed by atoms with Crippen LogP contribution in [0.2, 0.25) is 0 Å². The molecule has 1 atom stereocenters. The van der Waals surface area contributed by atoms with Gasteiger partial charge >= 0.3 is 0 Å². The van der Waals surface area contributed by atoms with Gasteiger partial charge in [-0.15, -0.1) is 0 Å². The number of aryl methyl sites for hydroxylation is 1. The van der Waals surface area contributed by atoms with Gasteiger partial charge in [-0.1, -0.05) is 31.2 Å². The van der Waals surface area contributed by atoms with Crippen molar-refractivity contribution < 1.29 is 4.79 Å². The zero-order chi connectivity index (χ0) is 18.7. The van der Waals surface area contributed by atoms with Crippen LogP contribution < -0.4 is 5.32 Å². The quantitative estimate of drug-likeness (QED) is 0.734. The van der Waals surface area contributed by atoms with Gasteiger partial charge in [0, 0.05) is 5.69 Å². The van der Waals surface area contributed by atoms with E-state index in [1.165, 1.54) is 5.56 Å². The summed E-state index contributed by atoms with van der Waals surface area (Å²) < 4.78 is 2.03. The predicted molar refractivity (Wildman–Crippen MR) is 106 cm³/mol. The van der Waals surface area contributed by atoms with Crippen LogP contribution >= 0.6 is 0 Å². The van der Waals surface area contributed by atoms with Crippen LogP contribution in [0.4, 0.5) is 5.69 Å². The number of nitrogens with one attached hydrogen (secondary N) is 1. The van der Waals surface area contributed by atoms with E-state index in [9.17, 15) is 4.79 Å². The molecule has 0 saturated carbocycles. The molecule has 0 saturated heterocycles. The van der Waals surface area contributed by atoms with Gasteiger partial charge in [-0.3, -0.25) is 4.79 Å². The third kappa shape index (κ3) is 3.78. The molecule has 0 radical (unpaired) electrons. The first-order chi connectivity index (χ1) is 12.5. The van der Waals surface area contributed by atoms with Crippen LogP contribution in [0.1, 0.15) is 31.3 Å². The minimum atomic E-state index is -0.358. The predicted octanol–water partition coefficient (Wildman–Crippen LogP) is 3.86. The maximum Gasteiger partial charge on any atom is 0.247 e. The molecule has 1 aromatic heterocycles. The number of nitrogens with zero attached hydrogens (tertiary/aromatic N) is 3. The first-order valence-corrected chi connectivity index (χ1v) is 9.00. The molecule has 0 bridgehead atoms. The van der Waals surface area contributed by atoms with E-state index in [0.29, 0.717) is 6.54 Å². The molecule has 5 nitrogen and oxygen atoms in total. The number of para-hydroxylation sites is 2. The first-order valence-electron chi connectivity index (χ1n) is 9.00. The van der Waals surface area contributed by atoms with Gasteiger partial charge in [0.05, 0.1) is 17.6 Å². The minimum Gasteiger partial charge on any atom is -0.324 e. The SMILES string of the molecule is CCc1ccc(NC(=O)C(C)n2c(CN(C)C)nc3ccccc32)cc1. The lowest BCUT2D eigenvalue weighted by atomic mass is 10.1. The molecule has 3 aromatic rings. The van der Waals surface area contributed by atoms with Gasteiger partial charge in [0.1, 0.15) is 11.9 Å². The summed E-state index contributed by atoms with van der Waals surface area (Å²) in [5.41, 5.74) is 3.96. The lowest BCUT2D eigenvalue weighted by Crippen LogP contribution is -2.26. The Labute approximate surface area is 154 Å². The van der Waals surface area contributed by atoms with Gasteiger partial charge < -0.3 is 14.8 Å². The van der Waals surface area contributed by atoms with Crippen molar-refractivity contribution in [1.29, 1.82) is 0 Å². The zero-order valence-corrected chi connectivity index (χ0v) is 15.9. The molecule has 1 amide bonds. The van der Waals surface area contributed by atoms with Gasteiger partial charge in [-0.25, -0.2) is 4.98 Å². The molecule has 0 spiro atoms. The molecule has 3 rings (SSSR count). The van der Waals surface area contributed by atoms with Gasteiger partial charge in [-0.2, -0.15) is 0 Å². The Bertz CT molecular complexity index is 896. The Kier molecular flexibility index (Phi) is 5.38. The minimum absolute atomic E-state index is 0.0441. The number of fused-ring (bicyclic) bond motifs is 1. The third-order valence-electron chi connectivity index (χ3n) is 4.52. The summed E-state index contributed by atoms with van der Waals surface area (Å²) >= 11 is 0. The molecular formula is C21H26N4O. The average Bonchev–Trinajstić information content (AvgIpc) is 2.98. The monoisotopic (exact) mass is 350 g/mol. The molecule has 1 unspecified atom stereocenters. The van der Waals surface area contributed by atoms with Crippen molar-refractivity contribution in [3.8, 4) is 0 Å². The number of hydrogen-bond acceptors (Lipinski definition) is 3. The summed E-state index contributed by atoms with van der Waals surface area (Å²) in [4.78, 5) is 19.7. The normalized spacial score (nSPS) is 12.5. The Balaban J connectivity index is 1.89. The summed E-state index contributed by atoms with van der Waals surface area (Å²) in [6.07, 6.45) is 0.986. The highest BCUT2D eigenvalue weighted by Gasteiger charge is 2.21. The van der Waals surface area contributed by atoms with Crippen LogP contribution in [0.5, 0.6) is 0 Å². The van der Waals surface area contributed by atoms with E-state index in [4.69, 9.17) is 4.98 Å². The molecular weight excluding hydrogens is 324 g/mol. The fourth-order valence-electron chi connectivity index (χ4n) is 3.11. The summed E-state index contributed by atoms with van der Waals surface area (Å²) in [6.45, 7) is 4.71. The molecule has 1 N–H and O–H groups in total. The van der Waals surface area contributed by atoms with Crippen LogP contribution in [-0.4, -0.2) is 34.5 Å². The number of carbonyl (C=O) groups is 1. The van der Waals surface area contributed by atoms with Crippen molar-refractivity contribution in [2.75, 3.05) is 19.4 Å². The van der Waals surface area contributed by atoms with Crippen LogP contribution in [0.3, 0.4) is 0 Å². The number of hydrogen-bond donors (Lipinski definition) is 1. The van der Waals surface area contributed by atoms with E-state index in [0.717, 1.165) is 29.0 Å². The summed E-state index contributed by atoms with van der Waals surface area (Å²) in [6, 6.07) is 15.6. The number of imidazole rings is 1. The number of anilines is 1. The van der Waals surface area contributed by atoms with Crippen molar-refractivity contribution in [3.63, 3.8) is 0 Å². The van der Waals surface area contributed by atoms with Crippen molar-refractivity contribution >= 4 is 22.6 Å². The summed E-state index contributed by atoms with van der Waals surface area (Å²) in [5.74, 6) is 0.845. The van der Waals surface area contributed by atoms with Crippen LogP contribution in [0.25, 0.3) is 11.0 Å². The number of carbonyl (C=O) groups excluding carboxylic acids is 1. The van der Waals surface area contributed by atoms with Crippen LogP contribution in [-0.2, 0) is 17.8 Å². The highest BCUT2D eigenvalue weighted by atomic mass is 16.2. The van der Waals surface area contributed by atoms with E-state index in [-0.39, 0.29) is 11.9 Å². The third-order valence-corrected chi connectivity index (χ3v) is 4.52. The van der Waals surface area contributed by atoms with E-state index < -0.39 is 0 Å². The van der Waals surface area contributed by atoms with E-state index in [2.05, 4.69) is 17.1 Å². The molecule has 0 aliphatic carbocycles. The van der Waals surface area contributed by atoms with Gasteiger partial charge in [0.25, 0.3) is 0 Å². The molecule has 136 valence electrons. The van der Waals surface area contributed by atoms with E-state index in [1.807, 2.05) is 74.1 Å². The number of amides is 1. The van der Waals surface area contributed by atoms with Crippen molar-refractivity contribution in [1.82, 2.24) is 14.5 Å². The van der Waals surface area contributed by atoms with Crippen LogP contribution in [0.15, 0.2) is 48.5 Å². The number of rotatable bonds is 6. The van der Waals surface area contributed by atoms with Crippen LogP contribution in [0, 0.1) is 0 Å².